The van der Waals surface area contributed by atoms with Gasteiger partial charge in [-0.3, -0.25) is 0 Å². The number of hydrogen-bond donors (Lipinski definition) is 1. The number of nitrogens with one attached hydrogen (secondary N) is 1. The second-order valence-electron chi connectivity index (χ2n) is 6.80. The van der Waals surface area contributed by atoms with Crippen molar-refractivity contribution in [2.24, 2.45) is 5.92 Å². The molecule has 22 heavy (non-hydrogen) atoms. The molecule has 2 aliphatic carbocycles. The lowest BCUT2D eigenvalue weighted by Crippen LogP contribution is -2.48. The maximum Gasteiger partial charge on any atom is 0.318 e. The number of hydrogen-bond acceptors (Lipinski definition) is 1. The minimum absolute atomic E-state index is 0.0468. The van der Waals surface area contributed by atoms with Crippen molar-refractivity contribution in [3.8, 4) is 0 Å². The summed E-state index contributed by atoms with van der Waals surface area (Å²) < 4.78 is 13.0. The highest BCUT2D eigenvalue weighted by atomic mass is 19.1. The number of urea groups is 1. The first-order valence-electron chi connectivity index (χ1n) is 8.45. The molecule has 3 rings (SSSR count). The van der Waals surface area contributed by atoms with E-state index in [2.05, 4.69) is 12.2 Å². The van der Waals surface area contributed by atoms with Gasteiger partial charge in [0, 0.05) is 18.6 Å². The van der Waals surface area contributed by atoms with Gasteiger partial charge in [-0.05, 0) is 49.3 Å². The summed E-state index contributed by atoms with van der Waals surface area (Å²) in [6.07, 6.45) is 6.92. The van der Waals surface area contributed by atoms with Gasteiger partial charge in [0.15, 0.2) is 0 Å². The van der Waals surface area contributed by atoms with E-state index in [1.807, 2.05) is 4.90 Å². The maximum atomic E-state index is 13.0. The molecule has 0 bridgehead atoms. The lowest BCUT2D eigenvalue weighted by atomic mass is 9.86. The Morgan fingerprint density at radius 3 is 2.50 bits per heavy atom. The quantitative estimate of drug-likeness (QED) is 0.893. The number of benzene rings is 1. The van der Waals surface area contributed by atoms with E-state index in [0.29, 0.717) is 24.5 Å². The second kappa shape index (κ2) is 6.67. The van der Waals surface area contributed by atoms with Gasteiger partial charge in [-0.15, -0.1) is 0 Å². The smallest absolute Gasteiger partial charge is 0.318 e. The van der Waals surface area contributed by atoms with Crippen LogP contribution in [0.2, 0.25) is 0 Å². The number of halogens is 1. The van der Waals surface area contributed by atoms with Crippen LogP contribution >= 0.6 is 0 Å². The average Bonchev–Trinajstić information content (AvgIpc) is 3.33. The van der Waals surface area contributed by atoms with Crippen molar-refractivity contribution >= 4 is 6.03 Å². The van der Waals surface area contributed by atoms with Crippen LogP contribution in [0.3, 0.4) is 0 Å². The fraction of sp³-hybridized carbons (Fsp3) is 0.611. The van der Waals surface area contributed by atoms with Gasteiger partial charge in [0.05, 0.1) is 0 Å². The number of carbonyl (C=O) groups excluding carboxylic acids is 1. The normalized spacial score (nSPS) is 24.8. The summed E-state index contributed by atoms with van der Waals surface area (Å²) in [7, 11) is 0. The van der Waals surface area contributed by atoms with E-state index in [1.165, 1.54) is 31.4 Å². The lowest BCUT2D eigenvalue weighted by molar-refractivity contribution is 0.177. The van der Waals surface area contributed by atoms with E-state index in [4.69, 9.17) is 0 Å². The highest BCUT2D eigenvalue weighted by molar-refractivity contribution is 5.75. The summed E-state index contributed by atoms with van der Waals surface area (Å²) in [5.41, 5.74) is 0.986. The van der Waals surface area contributed by atoms with Crippen LogP contribution in [0.25, 0.3) is 0 Å². The monoisotopic (exact) mass is 304 g/mol. The van der Waals surface area contributed by atoms with E-state index in [-0.39, 0.29) is 11.8 Å². The van der Waals surface area contributed by atoms with E-state index in [9.17, 15) is 9.18 Å². The SMILES string of the molecule is CC1CCCCC1NC(=O)N(Cc1ccc(F)cc1)C1CC1. The van der Waals surface area contributed by atoms with Crippen LogP contribution in [0, 0.1) is 11.7 Å². The molecule has 1 N–H and O–H groups in total. The molecule has 1 aromatic carbocycles. The van der Waals surface area contributed by atoms with Crippen molar-refractivity contribution in [1.82, 2.24) is 10.2 Å². The Kier molecular flexibility index (Phi) is 4.65. The van der Waals surface area contributed by atoms with Gasteiger partial charge in [-0.25, -0.2) is 9.18 Å². The van der Waals surface area contributed by atoms with Crippen LogP contribution in [-0.4, -0.2) is 23.0 Å². The van der Waals surface area contributed by atoms with Gasteiger partial charge in [0.1, 0.15) is 5.82 Å². The third-order valence-corrected chi connectivity index (χ3v) is 4.94. The molecule has 3 nitrogen and oxygen atoms in total. The summed E-state index contributed by atoms with van der Waals surface area (Å²) in [5.74, 6) is 0.326. The summed E-state index contributed by atoms with van der Waals surface area (Å²) >= 11 is 0. The zero-order valence-electron chi connectivity index (χ0n) is 13.2. The largest absolute Gasteiger partial charge is 0.335 e. The van der Waals surface area contributed by atoms with Gasteiger partial charge in [0.25, 0.3) is 0 Å². The zero-order chi connectivity index (χ0) is 15.5. The van der Waals surface area contributed by atoms with Crippen molar-refractivity contribution < 1.29 is 9.18 Å². The van der Waals surface area contributed by atoms with E-state index >= 15 is 0 Å². The molecule has 1 aromatic rings. The number of carbonyl (C=O) groups is 1. The molecule has 0 spiro atoms. The van der Waals surface area contributed by atoms with Crippen LogP contribution in [0.4, 0.5) is 9.18 Å². The molecular weight excluding hydrogens is 279 g/mol. The minimum atomic E-state index is -0.234. The van der Waals surface area contributed by atoms with Crippen LogP contribution in [0.15, 0.2) is 24.3 Å². The van der Waals surface area contributed by atoms with Crippen molar-refractivity contribution in [2.75, 3.05) is 0 Å². The highest BCUT2D eigenvalue weighted by Gasteiger charge is 2.34. The zero-order valence-corrected chi connectivity index (χ0v) is 13.2. The molecule has 0 aromatic heterocycles. The van der Waals surface area contributed by atoms with E-state index in [0.717, 1.165) is 24.8 Å². The summed E-state index contributed by atoms with van der Waals surface area (Å²) in [5, 5.41) is 3.23. The standard InChI is InChI=1S/C18H25FN2O/c1-13-4-2-3-5-17(13)20-18(22)21(16-10-11-16)12-14-6-8-15(19)9-7-14/h6-9,13,16-17H,2-5,10-12H2,1H3,(H,20,22). The molecule has 0 aliphatic heterocycles. The maximum absolute atomic E-state index is 13.0. The fourth-order valence-electron chi connectivity index (χ4n) is 3.31. The second-order valence-corrected chi connectivity index (χ2v) is 6.80. The Morgan fingerprint density at radius 2 is 1.86 bits per heavy atom. The first-order chi connectivity index (χ1) is 10.6. The van der Waals surface area contributed by atoms with Gasteiger partial charge in [-0.1, -0.05) is 31.9 Å². The molecule has 2 aliphatic rings. The Bertz CT molecular complexity index is 512. The Morgan fingerprint density at radius 1 is 1.18 bits per heavy atom. The molecular formula is C18H25FN2O. The number of nitrogens with zero attached hydrogens (tertiary/aromatic N) is 1. The Balaban J connectivity index is 1.62. The van der Waals surface area contributed by atoms with Crippen molar-refractivity contribution in [1.29, 1.82) is 0 Å². The third kappa shape index (κ3) is 3.79. The van der Waals surface area contributed by atoms with Crippen molar-refractivity contribution in [2.45, 2.75) is 64.1 Å². The molecule has 2 saturated carbocycles. The van der Waals surface area contributed by atoms with Crippen LogP contribution in [-0.2, 0) is 6.54 Å². The van der Waals surface area contributed by atoms with Gasteiger partial charge < -0.3 is 10.2 Å². The average molecular weight is 304 g/mol. The van der Waals surface area contributed by atoms with Gasteiger partial charge in [0.2, 0.25) is 0 Å². The van der Waals surface area contributed by atoms with Gasteiger partial charge >= 0.3 is 6.03 Å². The number of amides is 2. The molecule has 0 heterocycles. The number of rotatable bonds is 4. The first-order valence-corrected chi connectivity index (χ1v) is 8.45. The molecule has 2 amide bonds. The molecule has 2 atom stereocenters. The van der Waals surface area contributed by atoms with Crippen LogP contribution in [0.5, 0.6) is 0 Å². The topological polar surface area (TPSA) is 32.3 Å². The molecule has 0 saturated heterocycles. The van der Waals surface area contributed by atoms with Crippen LogP contribution < -0.4 is 5.32 Å². The van der Waals surface area contributed by atoms with E-state index < -0.39 is 0 Å². The minimum Gasteiger partial charge on any atom is -0.335 e. The van der Waals surface area contributed by atoms with E-state index in [1.54, 1.807) is 12.1 Å². The Hall–Kier alpha value is -1.58. The van der Waals surface area contributed by atoms with Gasteiger partial charge in [-0.2, -0.15) is 0 Å². The predicted octanol–water partition coefficient (Wildman–Crippen LogP) is 4.08. The summed E-state index contributed by atoms with van der Waals surface area (Å²) in [4.78, 5) is 14.6. The predicted molar refractivity (Wildman–Crippen MR) is 84.9 cm³/mol. The molecule has 2 unspecified atom stereocenters. The Labute approximate surface area is 131 Å². The van der Waals surface area contributed by atoms with Crippen molar-refractivity contribution in [3.63, 3.8) is 0 Å². The third-order valence-electron chi connectivity index (χ3n) is 4.94. The molecule has 120 valence electrons. The summed E-state index contributed by atoms with van der Waals surface area (Å²) in [6, 6.07) is 7.15. The highest BCUT2D eigenvalue weighted by Crippen LogP contribution is 2.29. The molecule has 4 heteroatoms. The fourth-order valence-corrected chi connectivity index (χ4v) is 3.31. The first kappa shape index (κ1) is 15.3. The van der Waals surface area contributed by atoms with Crippen molar-refractivity contribution in [3.05, 3.63) is 35.6 Å². The lowest BCUT2D eigenvalue weighted by Gasteiger charge is -2.32. The van der Waals surface area contributed by atoms with Crippen LogP contribution in [0.1, 0.15) is 51.0 Å². The molecule has 2 fully saturated rings. The molecule has 0 radical (unpaired) electrons. The summed E-state index contributed by atoms with van der Waals surface area (Å²) in [6.45, 7) is 2.80.